The zero-order valence-corrected chi connectivity index (χ0v) is 14.2. The number of aromatic nitrogens is 4. The molecule has 10 heteroatoms. The van der Waals surface area contributed by atoms with Crippen LogP contribution in [-0.4, -0.2) is 73.9 Å². The molecule has 1 unspecified atom stereocenters. The van der Waals surface area contributed by atoms with Crippen LogP contribution in [0.2, 0.25) is 0 Å². The number of unbranched alkanes of at least 4 members (excludes halogenated alkanes) is 1. The van der Waals surface area contributed by atoms with Crippen LogP contribution < -0.4 is 5.32 Å². The van der Waals surface area contributed by atoms with Crippen molar-refractivity contribution in [2.75, 3.05) is 20.1 Å². The third kappa shape index (κ3) is 3.87. The average molecular weight is 337 g/mol. The Morgan fingerprint density at radius 2 is 2.12 bits per heavy atom. The number of carbonyl (C=O) groups excluding carboxylic acids is 3. The number of nitrogens with one attached hydrogen (secondary N) is 2. The van der Waals surface area contributed by atoms with Gasteiger partial charge in [0.1, 0.15) is 12.1 Å². The molecule has 1 aliphatic rings. The molecular formula is C14H23N7O3. The molecular weight excluding hydrogens is 314 g/mol. The maximum absolute atomic E-state index is 12.5. The van der Waals surface area contributed by atoms with E-state index in [2.05, 4.69) is 25.9 Å². The van der Waals surface area contributed by atoms with E-state index in [1.54, 1.807) is 14.0 Å². The van der Waals surface area contributed by atoms with Gasteiger partial charge in [0, 0.05) is 20.0 Å². The van der Waals surface area contributed by atoms with E-state index in [0.717, 1.165) is 17.7 Å². The zero-order chi connectivity index (χ0) is 17.7. The van der Waals surface area contributed by atoms with E-state index < -0.39 is 11.6 Å². The Bertz CT molecular complexity index is 604. The van der Waals surface area contributed by atoms with Gasteiger partial charge in [0.25, 0.3) is 5.91 Å². The summed E-state index contributed by atoms with van der Waals surface area (Å²) < 4.78 is 0. The summed E-state index contributed by atoms with van der Waals surface area (Å²) in [5, 5.41) is 16.1. The summed E-state index contributed by atoms with van der Waals surface area (Å²) in [6.45, 7) is 3.82. The van der Waals surface area contributed by atoms with Crippen molar-refractivity contribution in [2.45, 2.75) is 45.1 Å². The van der Waals surface area contributed by atoms with Gasteiger partial charge in [-0.1, -0.05) is 25.0 Å². The number of hydrogen-bond acceptors (Lipinski definition) is 6. The van der Waals surface area contributed by atoms with Gasteiger partial charge in [-0.3, -0.25) is 14.5 Å². The van der Waals surface area contributed by atoms with Crippen LogP contribution in [0.1, 0.15) is 38.9 Å². The molecule has 1 saturated heterocycles. The lowest BCUT2D eigenvalue weighted by atomic mass is 9.95. The fourth-order valence-corrected chi connectivity index (χ4v) is 2.53. The molecule has 0 aromatic carbocycles. The number of aromatic amines is 1. The van der Waals surface area contributed by atoms with Crippen LogP contribution in [0.3, 0.4) is 0 Å². The van der Waals surface area contributed by atoms with Gasteiger partial charge in [0.15, 0.2) is 5.82 Å². The topological polar surface area (TPSA) is 124 Å². The number of hydrogen-bond donors (Lipinski definition) is 2. The van der Waals surface area contributed by atoms with Crippen LogP contribution in [0.5, 0.6) is 0 Å². The Kier molecular flexibility index (Phi) is 5.47. The second-order valence-electron chi connectivity index (χ2n) is 6.15. The monoisotopic (exact) mass is 337 g/mol. The lowest BCUT2D eigenvalue weighted by Crippen LogP contribution is -2.45. The lowest BCUT2D eigenvalue weighted by molar-refractivity contribution is -0.138. The Morgan fingerprint density at radius 1 is 1.38 bits per heavy atom. The smallest absolute Gasteiger partial charge is 0.325 e. The SMILES string of the molecule is CCCCC1(C)NC(=O)N(CC(=O)N(C)CCc2nn[nH]n2)C1=O. The van der Waals surface area contributed by atoms with Crippen molar-refractivity contribution in [2.24, 2.45) is 0 Å². The first-order valence-corrected chi connectivity index (χ1v) is 7.98. The molecule has 0 bridgehead atoms. The maximum Gasteiger partial charge on any atom is 0.325 e. The molecule has 24 heavy (non-hydrogen) atoms. The first kappa shape index (κ1) is 17.8. The highest BCUT2D eigenvalue weighted by atomic mass is 16.2. The van der Waals surface area contributed by atoms with Crippen molar-refractivity contribution in [3.63, 3.8) is 0 Å². The van der Waals surface area contributed by atoms with E-state index in [4.69, 9.17) is 0 Å². The molecule has 1 aromatic rings. The number of carbonyl (C=O) groups is 3. The van der Waals surface area contributed by atoms with Gasteiger partial charge in [-0.15, -0.1) is 10.2 Å². The molecule has 10 nitrogen and oxygen atoms in total. The molecule has 1 atom stereocenters. The summed E-state index contributed by atoms with van der Waals surface area (Å²) in [5.74, 6) is -0.167. The van der Waals surface area contributed by atoms with E-state index in [0.29, 0.717) is 25.2 Å². The minimum absolute atomic E-state index is 0.269. The van der Waals surface area contributed by atoms with E-state index in [9.17, 15) is 14.4 Å². The Balaban J connectivity index is 1.90. The summed E-state index contributed by atoms with van der Waals surface area (Å²) in [6.07, 6.45) is 2.75. The third-order valence-corrected chi connectivity index (χ3v) is 4.15. The average Bonchev–Trinajstić information content (AvgIpc) is 3.14. The predicted molar refractivity (Wildman–Crippen MR) is 83.7 cm³/mol. The van der Waals surface area contributed by atoms with Crippen molar-refractivity contribution in [1.82, 2.24) is 35.7 Å². The minimum atomic E-state index is -0.920. The lowest BCUT2D eigenvalue weighted by Gasteiger charge is -2.22. The molecule has 0 saturated carbocycles. The van der Waals surface area contributed by atoms with E-state index in [1.807, 2.05) is 6.92 Å². The van der Waals surface area contributed by atoms with Gasteiger partial charge in [-0.05, 0) is 13.3 Å². The molecule has 132 valence electrons. The largest absolute Gasteiger partial charge is 0.344 e. The quantitative estimate of drug-likeness (QED) is 0.628. The molecule has 2 heterocycles. The van der Waals surface area contributed by atoms with E-state index in [-0.39, 0.29) is 18.4 Å². The van der Waals surface area contributed by atoms with Crippen molar-refractivity contribution < 1.29 is 14.4 Å². The van der Waals surface area contributed by atoms with Crippen molar-refractivity contribution in [1.29, 1.82) is 0 Å². The molecule has 4 amide bonds. The summed E-state index contributed by atoms with van der Waals surface area (Å²) in [6, 6.07) is -0.515. The predicted octanol–water partition coefficient (Wildman–Crippen LogP) is -0.299. The molecule has 2 rings (SSSR count). The number of urea groups is 1. The highest BCUT2D eigenvalue weighted by Gasteiger charge is 2.47. The van der Waals surface area contributed by atoms with Gasteiger partial charge >= 0.3 is 6.03 Å². The first-order chi connectivity index (χ1) is 11.4. The molecule has 1 fully saturated rings. The van der Waals surface area contributed by atoms with Crippen LogP contribution in [0, 0.1) is 0 Å². The summed E-state index contributed by atoms with van der Waals surface area (Å²) in [7, 11) is 1.61. The van der Waals surface area contributed by atoms with Crippen molar-refractivity contribution >= 4 is 17.8 Å². The normalized spacial score (nSPS) is 20.4. The van der Waals surface area contributed by atoms with Gasteiger partial charge in [-0.2, -0.15) is 5.21 Å². The maximum atomic E-state index is 12.5. The highest BCUT2D eigenvalue weighted by Crippen LogP contribution is 2.23. The number of amides is 4. The standard InChI is InChI=1S/C14H23N7O3/c1-4-5-7-14(2)12(23)21(13(24)15-14)9-11(22)20(3)8-6-10-16-18-19-17-10/h4-9H2,1-3H3,(H,15,24)(H,16,17,18,19). The van der Waals surface area contributed by atoms with E-state index >= 15 is 0 Å². The number of H-pyrrole nitrogens is 1. The van der Waals surface area contributed by atoms with Gasteiger partial charge in [0.2, 0.25) is 5.91 Å². The number of likely N-dealkylation sites (N-methyl/N-ethyl adjacent to an activating group) is 1. The molecule has 1 aliphatic heterocycles. The second kappa shape index (κ2) is 7.37. The minimum Gasteiger partial charge on any atom is -0.344 e. The fourth-order valence-electron chi connectivity index (χ4n) is 2.53. The Hall–Kier alpha value is -2.52. The van der Waals surface area contributed by atoms with E-state index in [1.165, 1.54) is 4.90 Å². The summed E-state index contributed by atoms with van der Waals surface area (Å²) in [5.41, 5.74) is -0.920. The molecule has 2 N–H and O–H groups in total. The van der Waals surface area contributed by atoms with Crippen LogP contribution >= 0.6 is 0 Å². The van der Waals surface area contributed by atoms with Crippen LogP contribution in [0.25, 0.3) is 0 Å². The Morgan fingerprint density at radius 3 is 2.75 bits per heavy atom. The van der Waals surface area contributed by atoms with Crippen LogP contribution in [-0.2, 0) is 16.0 Å². The summed E-state index contributed by atoms with van der Waals surface area (Å²) >= 11 is 0. The summed E-state index contributed by atoms with van der Waals surface area (Å²) in [4.78, 5) is 39.2. The molecule has 0 radical (unpaired) electrons. The van der Waals surface area contributed by atoms with Gasteiger partial charge < -0.3 is 10.2 Å². The second-order valence-corrected chi connectivity index (χ2v) is 6.15. The number of tetrazole rings is 1. The number of nitrogens with zero attached hydrogens (tertiary/aromatic N) is 5. The molecule has 0 spiro atoms. The molecule has 1 aromatic heterocycles. The first-order valence-electron chi connectivity index (χ1n) is 7.98. The number of imide groups is 1. The van der Waals surface area contributed by atoms with Gasteiger partial charge in [-0.25, -0.2) is 4.79 Å². The fraction of sp³-hybridized carbons (Fsp3) is 0.714. The highest BCUT2D eigenvalue weighted by molar-refractivity contribution is 6.08. The third-order valence-electron chi connectivity index (χ3n) is 4.15. The van der Waals surface area contributed by atoms with Crippen molar-refractivity contribution in [3.8, 4) is 0 Å². The zero-order valence-electron chi connectivity index (χ0n) is 14.2. The van der Waals surface area contributed by atoms with Crippen molar-refractivity contribution in [3.05, 3.63) is 5.82 Å². The molecule has 0 aliphatic carbocycles. The van der Waals surface area contributed by atoms with Gasteiger partial charge in [0.05, 0.1) is 0 Å². The number of rotatable bonds is 8. The van der Waals surface area contributed by atoms with Crippen LogP contribution in [0.4, 0.5) is 4.79 Å². The Labute approximate surface area is 139 Å². The van der Waals surface area contributed by atoms with Crippen LogP contribution in [0.15, 0.2) is 0 Å².